The summed E-state index contributed by atoms with van der Waals surface area (Å²) in [5.41, 5.74) is 7.86. The highest BCUT2D eigenvalue weighted by atomic mass is 32.1. The monoisotopic (exact) mass is 589 g/mol. The fourth-order valence-corrected chi connectivity index (χ4v) is 7.31. The molecular weight excluding hydrogens is 555 g/mol. The van der Waals surface area contributed by atoms with Gasteiger partial charge in [0.15, 0.2) is 0 Å². The highest BCUT2D eigenvalue weighted by Crippen LogP contribution is 2.44. The molecule has 216 valence electrons. The lowest BCUT2D eigenvalue weighted by Gasteiger charge is -2.31. The van der Waals surface area contributed by atoms with Crippen LogP contribution in [0.3, 0.4) is 0 Å². The molecule has 0 spiro atoms. The van der Waals surface area contributed by atoms with Crippen LogP contribution in [-0.2, 0) is 0 Å². The van der Waals surface area contributed by atoms with Gasteiger partial charge in [-0.05, 0) is 53.3 Å². The first-order valence-electron chi connectivity index (χ1n) is 15.3. The Bertz CT molecular complexity index is 2070. The molecule has 44 heavy (non-hydrogen) atoms. The lowest BCUT2D eigenvalue weighted by atomic mass is 9.91. The summed E-state index contributed by atoms with van der Waals surface area (Å²) < 4.78 is 2.56. The van der Waals surface area contributed by atoms with Crippen LogP contribution in [0.1, 0.15) is 50.7 Å². The molecule has 0 atom stereocenters. The van der Waals surface area contributed by atoms with E-state index in [1.165, 1.54) is 37.0 Å². The van der Waals surface area contributed by atoms with Gasteiger partial charge in [0, 0.05) is 31.3 Å². The average Bonchev–Trinajstić information content (AvgIpc) is 3.44. The second kappa shape index (κ2) is 11.7. The molecule has 0 N–H and O–H groups in total. The molecule has 4 heteroatoms. The van der Waals surface area contributed by atoms with E-state index in [-0.39, 0.29) is 0 Å². The molecule has 3 heterocycles. The number of para-hydroxylation sites is 1. The van der Waals surface area contributed by atoms with Crippen molar-refractivity contribution in [1.29, 1.82) is 0 Å². The van der Waals surface area contributed by atoms with Gasteiger partial charge in [0.05, 0.1) is 17.1 Å². The van der Waals surface area contributed by atoms with Crippen LogP contribution in [0, 0.1) is 0 Å². The van der Waals surface area contributed by atoms with Gasteiger partial charge in [0.1, 0.15) is 11.6 Å². The molecule has 4 aromatic carbocycles. The maximum Gasteiger partial charge on any atom is 0.139 e. The van der Waals surface area contributed by atoms with E-state index >= 15 is 0 Å². The summed E-state index contributed by atoms with van der Waals surface area (Å²) in [4.78, 5) is 13.0. The molecule has 0 aliphatic carbocycles. The fraction of sp³-hybridized carbons (Fsp3) is 0.150. The first kappa shape index (κ1) is 28.0. The van der Waals surface area contributed by atoms with Gasteiger partial charge in [-0.1, -0.05) is 125 Å². The molecule has 3 nitrogen and oxygen atoms in total. The van der Waals surface area contributed by atoms with Crippen molar-refractivity contribution in [3.63, 3.8) is 0 Å². The van der Waals surface area contributed by atoms with E-state index in [9.17, 15) is 0 Å². The molecule has 0 radical (unpaired) electrons. The molecule has 0 unspecified atom stereocenters. The minimum absolute atomic E-state index is 0.319. The Kier molecular flexibility index (Phi) is 7.45. The summed E-state index contributed by atoms with van der Waals surface area (Å²) in [6.07, 6.45) is 0. The Morgan fingerprint density at radius 2 is 1.09 bits per heavy atom. The molecule has 0 amide bonds. The largest absolute Gasteiger partial charge is 0.278 e. The molecule has 3 aromatic heterocycles. The van der Waals surface area contributed by atoms with E-state index < -0.39 is 0 Å². The van der Waals surface area contributed by atoms with Crippen molar-refractivity contribution in [1.82, 2.24) is 9.97 Å². The van der Waals surface area contributed by atoms with Crippen LogP contribution in [0.2, 0.25) is 0 Å². The second-order valence-corrected chi connectivity index (χ2v) is 12.9. The second-order valence-electron chi connectivity index (χ2n) is 11.8. The lowest BCUT2D eigenvalue weighted by molar-refractivity contribution is 0.828. The van der Waals surface area contributed by atoms with Crippen molar-refractivity contribution in [2.24, 2.45) is 0 Å². The topological polar surface area (TPSA) is 29.0 Å². The molecule has 0 saturated carbocycles. The third-order valence-corrected chi connectivity index (χ3v) is 9.46. The summed E-state index contributed by atoms with van der Waals surface area (Å²) in [5.74, 6) is 2.34. The summed E-state index contributed by atoms with van der Waals surface area (Å²) in [7, 11) is 0. The van der Waals surface area contributed by atoms with Gasteiger partial charge in [0.2, 0.25) is 0 Å². The van der Waals surface area contributed by atoms with Gasteiger partial charge in [0.25, 0.3) is 0 Å². The summed E-state index contributed by atoms with van der Waals surface area (Å²) in [6, 6.07) is 45.0. The summed E-state index contributed by atoms with van der Waals surface area (Å²) >= 11 is 1.84. The van der Waals surface area contributed by atoms with Crippen LogP contribution in [0.15, 0.2) is 127 Å². The molecule has 0 bridgehead atoms. The van der Waals surface area contributed by atoms with Gasteiger partial charge in [-0.2, -0.15) is 0 Å². The van der Waals surface area contributed by atoms with Crippen molar-refractivity contribution in [3.05, 3.63) is 139 Å². The van der Waals surface area contributed by atoms with E-state index in [4.69, 9.17) is 9.97 Å². The first-order valence-corrected chi connectivity index (χ1v) is 16.1. The SMILES string of the molecule is CC(C)c1cccc(C(C)C)c1N(c1cccc(-c2ccccc2)n1)c1cccc(-c2cccc3c2sc2ccccc23)n1. The minimum Gasteiger partial charge on any atom is -0.278 e. The Balaban J connectivity index is 1.47. The zero-order valence-electron chi connectivity index (χ0n) is 25.5. The smallest absolute Gasteiger partial charge is 0.139 e. The zero-order valence-corrected chi connectivity index (χ0v) is 26.3. The number of nitrogens with zero attached hydrogens (tertiary/aromatic N) is 3. The van der Waals surface area contributed by atoms with Crippen molar-refractivity contribution in [2.75, 3.05) is 4.90 Å². The zero-order chi connectivity index (χ0) is 30.2. The van der Waals surface area contributed by atoms with Crippen LogP contribution in [-0.4, -0.2) is 9.97 Å². The van der Waals surface area contributed by atoms with Crippen LogP contribution >= 0.6 is 11.3 Å². The fourth-order valence-electron chi connectivity index (χ4n) is 6.08. The van der Waals surface area contributed by atoms with E-state index in [0.29, 0.717) is 11.8 Å². The van der Waals surface area contributed by atoms with Crippen molar-refractivity contribution in [2.45, 2.75) is 39.5 Å². The number of pyridine rings is 2. The van der Waals surface area contributed by atoms with Crippen LogP contribution in [0.5, 0.6) is 0 Å². The van der Waals surface area contributed by atoms with E-state index in [0.717, 1.165) is 34.2 Å². The number of benzene rings is 4. The van der Waals surface area contributed by atoms with E-state index in [2.05, 4.69) is 154 Å². The number of rotatable bonds is 7. The number of hydrogen-bond acceptors (Lipinski definition) is 4. The Hall–Kier alpha value is -4.80. The lowest BCUT2D eigenvalue weighted by Crippen LogP contribution is -2.18. The molecule has 7 aromatic rings. The van der Waals surface area contributed by atoms with E-state index in [1.54, 1.807) is 0 Å². The normalized spacial score (nSPS) is 11.6. The average molecular weight is 590 g/mol. The minimum atomic E-state index is 0.319. The van der Waals surface area contributed by atoms with E-state index in [1.807, 2.05) is 17.4 Å². The van der Waals surface area contributed by atoms with Gasteiger partial charge in [-0.25, -0.2) is 9.97 Å². The number of hydrogen-bond donors (Lipinski definition) is 0. The van der Waals surface area contributed by atoms with Crippen LogP contribution in [0.25, 0.3) is 42.7 Å². The number of thiophene rings is 1. The van der Waals surface area contributed by atoms with Crippen LogP contribution < -0.4 is 4.90 Å². The third kappa shape index (κ3) is 5.06. The van der Waals surface area contributed by atoms with Crippen molar-refractivity contribution >= 4 is 48.8 Å². The molecule has 0 aliphatic heterocycles. The maximum absolute atomic E-state index is 5.41. The molecule has 0 fully saturated rings. The van der Waals surface area contributed by atoms with Gasteiger partial charge in [-0.3, -0.25) is 4.90 Å². The quantitative estimate of drug-likeness (QED) is 0.185. The summed E-state index contributed by atoms with van der Waals surface area (Å²) in [5, 5.41) is 2.57. The van der Waals surface area contributed by atoms with Crippen molar-refractivity contribution in [3.8, 4) is 22.5 Å². The predicted octanol–water partition coefficient (Wildman–Crippen LogP) is 11.9. The highest BCUT2D eigenvalue weighted by molar-refractivity contribution is 7.26. The van der Waals surface area contributed by atoms with Gasteiger partial charge in [-0.15, -0.1) is 11.3 Å². The molecule has 7 rings (SSSR count). The molecular formula is C40H35N3S. The highest BCUT2D eigenvalue weighted by Gasteiger charge is 2.25. The Labute approximate surface area is 263 Å². The third-order valence-electron chi connectivity index (χ3n) is 8.24. The number of aromatic nitrogens is 2. The Morgan fingerprint density at radius 3 is 1.80 bits per heavy atom. The van der Waals surface area contributed by atoms with Crippen molar-refractivity contribution < 1.29 is 0 Å². The van der Waals surface area contributed by atoms with Crippen LogP contribution in [0.4, 0.5) is 17.3 Å². The standard InChI is InChI=1S/C40H35N3S/c1-26(2)29-17-10-18-30(27(3)4)39(29)43(37-24-12-21-34(41-37)28-14-6-5-7-15-28)38-25-13-22-35(42-38)33-20-11-19-32-31-16-8-9-23-36(31)44-40(32)33/h5-27H,1-4H3. The predicted molar refractivity (Wildman–Crippen MR) is 189 cm³/mol. The summed E-state index contributed by atoms with van der Waals surface area (Å²) in [6.45, 7) is 9.06. The molecule has 0 aliphatic rings. The van der Waals surface area contributed by atoms with Gasteiger partial charge >= 0.3 is 0 Å². The number of fused-ring (bicyclic) bond motifs is 3. The maximum atomic E-state index is 5.41. The number of anilines is 3. The Morgan fingerprint density at radius 1 is 0.523 bits per heavy atom. The van der Waals surface area contributed by atoms with Gasteiger partial charge < -0.3 is 0 Å². The molecule has 0 saturated heterocycles. The first-order chi connectivity index (χ1) is 21.5.